The Kier molecular flexibility index (Phi) is 10.5. The molecule has 1 heterocycles. The van der Waals surface area contributed by atoms with E-state index >= 15 is 0 Å². The summed E-state index contributed by atoms with van der Waals surface area (Å²) in [7, 11) is 0. The van der Waals surface area contributed by atoms with Crippen LogP contribution in [0.4, 0.5) is 0 Å². The molecule has 6 unspecified atom stereocenters. The van der Waals surface area contributed by atoms with Gasteiger partial charge in [0.1, 0.15) is 18.1 Å². The number of hydrogen-bond donors (Lipinski definition) is 6. The Hall–Kier alpha value is -3.40. The van der Waals surface area contributed by atoms with Gasteiger partial charge in [0.05, 0.1) is 6.04 Å². The van der Waals surface area contributed by atoms with Gasteiger partial charge in [-0.15, -0.1) is 0 Å². The fourth-order valence-corrected chi connectivity index (χ4v) is 3.85. The summed E-state index contributed by atoms with van der Waals surface area (Å²) in [5, 5.41) is 18.2. The lowest BCUT2D eigenvalue weighted by molar-refractivity contribution is -0.143. The fourth-order valence-electron chi connectivity index (χ4n) is 3.85. The van der Waals surface area contributed by atoms with Crippen molar-refractivity contribution in [3.8, 4) is 0 Å². The van der Waals surface area contributed by atoms with E-state index in [1.807, 2.05) is 45.0 Å². The van der Waals surface area contributed by atoms with Crippen LogP contribution in [0.15, 0.2) is 30.5 Å². The topological polar surface area (TPSA) is 166 Å². The van der Waals surface area contributed by atoms with Crippen molar-refractivity contribution in [2.24, 2.45) is 17.6 Å². The number of hydrogen-bond acceptors (Lipinski definition) is 5. The van der Waals surface area contributed by atoms with Gasteiger partial charge in [0.25, 0.3) is 0 Å². The smallest absolute Gasteiger partial charge is 0.326 e. The lowest BCUT2D eigenvalue weighted by Crippen LogP contribution is -2.58. The first-order chi connectivity index (χ1) is 17.0. The minimum atomic E-state index is -1.14. The predicted octanol–water partition coefficient (Wildman–Crippen LogP) is 1.69. The molecule has 7 N–H and O–H groups in total. The highest BCUT2D eigenvalue weighted by molar-refractivity contribution is 5.94. The number of carbonyl (C=O) groups is 4. The van der Waals surface area contributed by atoms with Gasteiger partial charge in [-0.05, 0) is 30.4 Å². The van der Waals surface area contributed by atoms with Gasteiger partial charge < -0.3 is 31.8 Å². The molecule has 2 rings (SSSR count). The number of nitrogens with one attached hydrogen (secondary N) is 4. The van der Waals surface area contributed by atoms with E-state index in [0.717, 1.165) is 16.5 Å². The van der Waals surface area contributed by atoms with Gasteiger partial charge in [0, 0.05) is 23.5 Å². The predicted molar refractivity (Wildman–Crippen MR) is 138 cm³/mol. The first-order valence-electron chi connectivity index (χ1n) is 12.4. The van der Waals surface area contributed by atoms with E-state index in [0.29, 0.717) is 12.8 Å². The maximum absolute atomic E-state index is 13.3. The molecule has 3 amide bonds. The highest BCUT2D eigenvalue weighted by Gasteiger charge is 2.31. The van der Waals surface area contributed by atoms with Crippen molar-refractivity contribution < 1.29 is 24.3 Å². The Morgan fingerprint density at radius 3 is 2.17 bits per heavy atom. The molecular weight excluding hydrogens is 462 g/mol. The molecular formula is C26H39N5O5. The third kappa shape index (κ3) is 7.30. The molecule has 10 nitrogen and oxygen atoms in total. The molecule has 0 fully saturated rings. The van der Waals surface area contributed by atoms with Crippen molar-refractivity contribution in [3.63, 3.8) is 0 Å². The van der Waals surface area contributed by atoms with Crippen LogP contribution in [0.5, 0.6) is 0 Å². The molecule has 2 aromatic rings. The molecule has 10 heteroatoms. The molecule has 0 spiro atoms. The van der Waals surface area contributed by atoms with Crippen molar-refractivity contribution >= 4 is 34.6 Å². The molecule has 0 radical (unpaired) electrons. The fraction of sp³-hybridized carbons (Fsp3) is 0.538. The van der Waals surface area contributed by atoms with Crippen LogP contribution in [0.25, 0.3) is 10.9 Å². The van der Waals surface area contributed by atoms with Gasteiger partial charge in [-0.25, -0.2) is 4.79 Å². The lowest BCUT2D eigenvalue weighted by Gasteiger charge is -2.25. The average Bonchev–Trinajstić information content (AvgIpc) is 3.27. The van der Waals surface area contributed by atoms with Crippen LogP contribution in [0.3, 0.4) is 0 Å². The number of amides is 3. The number of aromatic amines is 1. The molecule has 0 aliphatic carbocycles. The third-order valence-corrected chi connectivity index (χ3v) is 6.82. The molecule has 0 saturated heterocycles. The molecule has 36 heavy (non-hydrogen) atoms. The molecule has 0 aliphatic rings. The van der Waals surface area contributed by atoms with Gasteiger partial charge in [0.15, 0.2) is 0 Å². The second-order valence-electron chi connectivity index (χ2n) is 9.48. The summed E-state index contributed by atoms with van der Waals surface area (Å²) < 4.78 is 0. The Morgan fingerprint density at radius 1 is 0.917 bits per heavy atom. The Balaban J connectivity index is 2.21. The van der Waals surface area contributed by atoms with E-state index in [9.17, 15) is 24.3 Å². The summed E-state index contributed by atoms with van der Waals surface area (Å²) in [6.45, 7) is 8.83. The number of fused-ring (bicyclic) bond motifs is 1. The zero-order chi connectivity index (χ0) is 27.0. The quantitative estimate of drug-likeness (QED) is 0.244. The zero-order valence-corrected chi connectivity index (χ0v) is 21.6. The third-order valence-electron chi connectivity index (χ3n) is 6.82. The van der Waals surface area contributed by atoms with Crippen LogP contribution < -0.4 is 21.7 Å². The SMILES string of the molecule is CCC(C)C(N)C(=O)NC(Cc1c[nH]c2ccccc12)C(=O)NC(C)C(=O)NC(C(=O)O)C(C)CC. The van der Waals surface area contributed by atoms with Crippen LogP contribution in [0.2, 0.25) is 0 Å². The molecule has 6 atom stereocenters. The van der Waals surface area contributed by atoms with Crippen LogP contribution in [0.1, 0.15) is 53.0 Å². The number of H-pyrrole nitrogens is 1. The van der Waals surface area contributed by atoms with Crippen molar-refractivity contribution in [2.45, 2.75) is 78.0 Å². The van der Waals surface area contributed by atoms with Gasteiger partial charge in [-0.1, -0.05) is 58.7 Å². The first kappa shape index (κ1) is 28.8. The summed E-state index contributed by atoms with van der Waals surface area (Å²) in [5.41, 5.74) is 7.81. The van der Waals surface area contributed by atoms with Crippen LogP contribution >= 0.6 is 0 Å². The number of benzene rings is 1. The first-order valence-corrected chi connectivity index (χ1v) is 12.4. The monoisotopic (exact) mass is 501 g/mol. The number of carboxylic acid groups (broad SMARTS) is 1. The van der Waals surface area contributed by atoms with Gasteiger partial charge in [-0.2, -0.15) is 0 Å². The number of nitrogens with two attached hydrogens (primary N) is 1. The minimum absolute atomic E-state index is 0.0833. The zero-order valence-electron chi connectivity index (χ0n) is 21.6. The van der Waals surface area contributed by atoms with E-state index in [4.69, 9.17) is 5.73 Å². The number of para-hydroxylation sites is 1. The number of carboxylic acids is 1. The van der Waals surface area contributed by atoms with Crippen LogP contribution in [-0.4, -0.2) is 57.9 Å². The van der Waals surface area contributed by atoms with Gasteiger partial charge in [0.2, 0.25) is 17.7 Å². The van der Waals surface area contributed by atoms with Crippen molar-refractivity contribution in [2.75, 3.05) is 0 Å². The maximum atomic E-state index is 13.3. The molecule has 0 bridgehead atoms. The second-order valence-corrected chi connectivity index (χ2v) is 9.48. The van der Waals surface area contributed by atoms with Crippen molar-refractivity contribution in [1.29, 1.82) is 0 Å². The second kappa shape index (κ2) is 13.1. The lowest BCUT2D eigenvalue weighted by atomic mass is 9.98. The highest BCUT2D eigenvalue weighted by atomic mass is 16.4. The molecule has 1 aromatic heterocycles. The van der Waals surface area contributed by atoms with E-state index in [1.165, 1.54) is 6.92 Å². The average molecular weight is 502 g/mol. The molecule has 0 aliphatic heterocycles. The summed E-state index contributed by atoms with van der Waals surface area (Å²) in [6.07, 6.45) is 3.22. The molecule has 0 saturated carbocycles. The Bertz CT molecular complexity index is 1070. The van der Waals surface area contributed by atoms with E-state index in [2.05, 4.69) is 20.9 Å². The van der Waals surface area contributed by atoms with Gasteiger partial charge in [-0.3, -0.25) is 14.4 Å². The van der Waals surface area contributed by atoms with Crippen molar-refractivity contribution in [1.82, 2.24) is 20.9 Å². The van der Waals surface area contributed by atoms with Crippen LogP contribution in [-0.2, 0) is 25.6 Å². The van der Waals surface area contributed by atoms with Gasteiger partial charge >= 0.3 is 5.97 Å². The summed E-state index contributed by atoms with van der Waals surface area (Å²) in [5.74, 6) is -3.15. The number of rotatable bonds is 13. The van der Waals surface area contributed by atoms with E-state index < -0.39 is 47.9 Å². The highest BCUT2D eigenvalue weighted by Crippen LogP contribution is 2.19. The summed E-state index contributed by atoms with van der Waals surface area (Å²) in [4.78, 5) is 53.5. The van der Waals surface area contributed by atoms with Crippen LogP contribution in [0, 0.1) is 11.8 Å². The standard InChI is InChI=1S/C26H39N5O5/c1-6-14(3)21(27)25(34)30-20(12-17-13-28-19-11-9-8-10-18(17)19)24(33)29-16(5)23(32)31-22(26(35)36)15(4)7-2/h8-11,13-16,20-22,28H,6-7,12,27H2,1-5H3,(H,29,33)(H,30,34)(H,31,32)(H,35,36). The number of aromatic nitrogens is 1. The molecule has 1 aromatic carbocycles. The normalized spacial score (nSPS) is 16.3. The Labute approximate surface area is 211 Å². The van der Waals surface area contributed by atoms with Crippen molar-refractivity contribution in [3.05, 3.63) is 36.0 Å². The Morgan fingerprint density at radius 2 is 1.56 bits per heavy atom. The summed E-state index contributed by atoms with van der Waals surface area (Å²) >= 11 is 0. The maximum Gasteiger partial charge on any atom is 0.326 e. The largest absolute Gasteiger partial charge is 0.480 e. The summed E-state index contributed by atoms with van der Waals surface area (Å²) in [6, 6.07) is 3.73. The van der Waals surface area contributed by atoms with E-state index in [-0.39, 0.29) is 18.3 Å². The number of aliphatic carboxylic acids is 1. The van der Waals surface area contributed by atoms with E-state index in [1.54, 1.807) is 13.1 Å². The minimum Gasteiger partial charge on any atom is -0.480 e. The molecule has 198 valence electrons. The number of carbonyl (C=O) groups excluding carboxylic acids is 3.